The highest BCUT2D eigenvalue weighted by molar-refractivity contribution is 7.93. The summed E-state index contributed by atoms with van der Waals surface area (Å²) in [7, 11) is -3.54. The van der Waals surface area contributed by atoms with Crippen molar-refractivity contribution < 1.29 is 8.42 Å². The Balaban J connectivity index is 1.93. The number of benzene rings is 1. The molecule has 0 spiro atoms. The average molecular weight is 322 g/mol. The van der Waals surface area contributed by atoms with Crippen LogP contribution in [-0.2, 0) is 22.9 Å². The van der Waals surface area contributed by atoms with Crippen LogP contribution in [0, 0.1) is 13.8 Å². The van der Waals surface area contributed by atoms with Crippen LogP contribution in [0.25, 0.3) is 0 Å². The highest BCUT2D eigenvalue weighted by Crippen LogP contribution is 2.28. The Morgan fingerprint density at radius 3 is 2.52 bits per heavy atom. The first kappa shape index (κ1) is 14.5. The fraction of sp³-hybridized carbons (Fsp3) is 0.400. The molecule has 1 aliphatic carbocycles. The minimum atomic E-state index is -3.54. The normalized spacial score (nSPS) is 14.8. The van der Waals surface area contributed by atoms with Gasteiger partial charge in [0.1, 0.15) is 5.00 Å². The van der Waals surface area contributed by atoms with Crippen LogP contribution >= 0.6 is 11.3 Å². The van der Waals surface area contributed by atoms with Crippen molar-refractivity contribution in [3.63, 3.8) is 0 Å². The molecular weight excluding hydrogens is 304 g/mol. The molecule has 0 fully saturated rings. The second kappa shape index (κ2) is 5.42. The van der Waals surface area contributed by atoms with E-state index >= 15 is 0 Å². The zero-order valence-corrected chi connectivity index (χ0v) is 13.8. The van der Waals surface area contributed by atoms with E-state index in [-0.39, 0.29) is 0 Å². The summed E-state index contributed by atoms with van der Waals surface area (Å²) in [6.07, 6.45) is 4.35. The molecule has 0 saturated carbocycles. The standard InChI is InChI=1S/C15H18N2O2S2/c1-10-15(20-11(2)16-10)17-21(18,19)14-8-7-12-5-3-4-6-13(12)9-14/h7-9,17H,3-6H2,1-2H3. The van der Waals surface area contributed by atoms with E-state index in [1.54, 1.807) is 6.07 Å². The molecular formula is C15H18N2O2S2. The number of sulfonamides is 1. The molecule has 0 amide bonds. The van der Waals surface area contributed by atoms with Gasteiger partial charge in [0.25, 0.3) is 10.0 Å². The third kappa shape index (κ3) is 2.96. The number of hydrogen-bond donors (Lipinski definition) is 1. The van der Waals surface area contributed by atoms with E-state index in [1.807, 2.05) is 26.0 Å². The lowest BCUT2D eigenvalue weighted by Crippen LogP contribution is -2.14. The van der Waals surface area contributed by atoms with Gasteiger partial charge in [0.2, 0.25) is 0 Å². The SMILES string of the molecule is Cc1nc(C)c(NS(=O)(=O)c2ccc3c(c2)CCCC3)s1. The molecule has 0 radical (unpaired) electrons. The maximum Gasteiger partial charge on any atom is 0.262 e. The highest BCUT2D eigenvalue weighted by atomic mass is 32.2. The van der Waals surface area contributed by atoms with Gasteiger partial charge in [-0.1, -0.05) is 6.07 Å². The molecule has 0 atom stereocenters. The van der Waals surface area contributed by atoms with Gasteiger partial charge >= 0.3 is 0 Å². The van der Waals surface area contributed by atoms with Crippen LogP contribution in [-0.4, -0.2) is 13.4 Å². The molecule has 0 unspecified atom stereocenters. The van der Waals surface area contributed by atoms with Crippen molar-refractivity contribution in [2.75, 3.05) is 4.72 Å². The zero-order valence-electron chi connectivity index (χ0n) is 12.1. The van der Waals surface area contributed by atoms with Crippen molar-refractivity contribution >= 4 is 26.4 Å². The van der Waals surface area contributed by atoms with Crippen molar-refractivity contribution in [3.8, 4) is 0 Å². The summed E-state index contributed by atoms with van der Waals surface area (Å²) in [5.41, 5.74) is 3.17. The van der Waals surface area contributed by atoms with Crippen molar-refractivity contribution in [2.24, 2.45) is 0 Å². The summed E-state index contributed by atoms with van der Waals surface area (Å²) in [4.78, 5) is 4.59. The highest BCUT2D eigenvalue weighted by Gasteiger charge is 2.19. The summed E-state index contributed by atoms with van der Waals surface area (Å²) < 4.78 is 27.7. The van der Waals surface area contributed by atoms with E-state index in [0.717, 1.165) is 30.0 Å². The zero-order chi connectivity index (χ0) is 15.0. The molecule has 0 bridgehead atoms. The van der Waals surface area contributed by atoms with E-state index in [9.17, 15) is 8.42 Å². The third-order valence-electron chi connectivity index (χ3n) is 3.76. The molecule has 1 aliphatic rings. The lowest BCUT2D eigenvalue weighted by molar-refractivity contribution is 0.600. The smallest absolute Gasteiger partial charge is 0.262 e. The Kier molecular flexibility index (Phi) is 3.75. The second-order valence-electron chi connectivity index (χ2n) is 5.39. The number of nitrogens with one attached hydrogen (secondary N) is 1. The molecule has 6 heteroatoms. The van der Waals surface area contributed by atoms with Gasteiger partial charge in [0.15, 0.2) is 0 Å². The summed E-state index contributed by atoms with van der Waals surface area (Å²) in [5, 5.41) is 1.46. The molecule has 1 heterocycles. The first-order valence-electron chi connectivity index (χ1n) is 7.04. The van der Waals surface area contributed by atoms with E-state index in [0.29, 0.717) is 9.90 Å². The van der Waals surface area contributed by atoms with Crippen molar-refractivity contribution in [1.82, 2.24) is 4.98 Å². The molecule has 1 aromatic heterocycles. The predicted molar refractivity (Wildman–Crippen MR) is 85.5 cm³/mol. The fourth-order valence-corrected chi connectivity index (χ4v) is 4.91. The minimum absolute atomic E-state index is 0.341. The molecule has 0 aliphatic heterocycles. The van der Waals surface area contributed by atoms with Crippen LogP contribution in [0.3, 0.4) is 0 Å². The molecule has 1 aromatic carbocycles. The Bertz CT molecular complexity index is 779. The fourth-order valence-electron chi connectivity index (χ4n) is 2.68. The van der Waals surface area contributed by atoms with Gasteiger partial charge in [0, 0.05) is 0 Å². The first-order chi connectivity index (χ1) is 9.95. The van der Waals surface area contributed by atoms with Crippen molar-refractivity contribution in [1.29, 1.82) is 0 Å². The number of anilines is 1. The quantitative estimate of drug-likeness (QED) is 0.941. The summed E-state index contributed by atoms with van der Waals surface area (Å²) >= 11 is 1.36. The van der Waals surface area contributed by atoms with Gasteiger partial charge in [-0.05, 0) is 62.8 Å². The van der Waals surface area contributed by atoms with Gasteiger partial charge in [-0.25, -0.2) is 13.4 Å². The monoisotopic (exact) mass is 322 g/mol. The summed E-state index contributed by atoms with van der Waals surface area (Å²) in [6.45, 7) is 3.68. The van der Waals surface area contributed by atoms with Crippen LogP contribution < -0.4 is 4.72 Å². The lowest BCUT2D eigenvalue weighted by atomic mass is 9.92. The first-order valence-corrected chi connectivity index (χ1v) is 9.34. The second-order valence-corrected chi connectivity index (χ2v) is 8.28. The van der Waals surface area contributed by atoms with Crippen molar-refractivity contribution in [2.45, 2.75) is 44.4 Å². The van der Waals surface area contributed by atoms with Gasteiger partial charge in [-0.3, -0.25) is 4.72 Å². The molecule has 4 nitrogen and oxygen atoms in total. The van der Waals surface area contributed by atoms with E-state index < -0.39 is 10.0 Å². The number of nitrogens with zero attached hydrogens (tertiary/aromatic N) is 1. The van der Waals surface area contributed by atoms with Gasteiger partial charge < -0.3 is 0 Å². The van der Waals surface area contributed by atoms with Crippen LogP contribution in [0.2, 0.25) is 0 Å². The Labute approximate surface area is 129 Å². The third-order valence-corrected chi connectivity index (χ3v) is 6.23. The number of hydrogen-bond acceptors (Lipinski definition) is 4. The molecule has 1 N–H and O–H groups in total. The molecule has 3 rings (SSSR count). The van der Waals surface area contributed by atoms with E-state index in [1.165, 1.54) is 28.9 Å². The number of thiazole rings is 1. The lowest BCUT2D eigenvalue weighted by Gasteiger charge is -2.16. The van der Waals surface area contributed by atoms with Crippen LogP contribution in [0.1, 0.15) is 34.7 Å². The number of fused-ring (bicyclic) bond motifs is 1. The maximum atomic E-state index is 12.5. The van der Waals surface area contributed by atoms with Crippen LogP contribution in [0.15, 0.2) is 23.1 Å². The topological polar surface area (TPSA) is 59.1 Å². The predicted octanol–water partition coefficient (Wildman–Crippen LogP) is 3.44. The molecule has 21 heavy (non-hydrogen) atoms. The largest absolute Gasteiger partial charge is 0.269 e. The summed E-state index contributed by atoms with van der Waals surface area (Å²) in [5.74, 6) is 0. The summed E-state index contributed by atoms with van der Waals surface area (Å²) in [6, 6.07) is 5.48. The minimum Gasteiger partial charge on any atom is -0.269 e. The Morgan fingerprint density at radius 1 is 1.14 bits per heavy atom. The average Bonchev–Trinajstić information content (AvgIpc) is 2.75. The van der Waals surface area contributed by atoms with Gasteiger partial charge in [0.05, 0.1) is 15.6 Å². The van der Waals surface area contributed by atoms with Gasteiger partial charge in [-0.2, -0.15) is 0 Å². The van der Waals surface area contributed by atoms with E-state index in [4.69, 9.17) is 0 Å². The number of aryl methyl sites for hydroxylation is 4. The Hall–Kier alpha value is -1.40. The Morgan fingerprint density at radius 2 is 1.86 bits per heavy atom. The number of rotatable bonds is 3. The van der Waals surface area contributed by atoms with Crippen LogP contribution in [0.5, 0.6) is 0 Å². The maximum absolute atomic E-state index is 12.5. The molecule has 0 saturated heterocycles. The molecule has 112 valence electrons. The number of aromatic nitrogens is 1. The molecule has 2 aromatic rings. The van der Waals surface area contributed by atoms with Crippen LogP contribution in [0.4, 0.5) is 5.00 Å². The van der Waals surface area contributed by atoms with Crippen molar-refractivity contribution in [3.05, 3.63) is 40.0 Å². The van der Waals surface area contributed by atoms with Gasteiger partial charge in [-0.15, -0.1) is 11.3 Å². The van der Waals surface area contributed by atoms with E-state index in [2.05, 4.69) is 9.71 Å².